The molecule has 0 saturated heterocycles. The summed E-state index contributed by atoms with van der Waals surface area (Å²) in [5.74, 6) is -3.28. The number of rotatable bonds is 18. The lowest BCUT2D eigenvalue weighted by Crippen LogP contribution is -2.35. The standard InChI is InChI=1S/C23H38F2N2O4/c24-18(13-9-5-1-3-7-11-15-28)22(30)26-20-17-21(20)27-23(31)19(25)14-10-6-2-4-8-12-16-29/h13-14,20-21,28-29H,1-12,15-17H2,(H,26,30)(H,27,31)/b18-13-,19-14-/t20-,21-/m1/s1. The van der Waals surface area contributed by atoms with E-state index < -0.39 is 23.5 Å². The molecule has 0 radical (unpaired) electrons. The summed E-state index contributed by atoms with van der Waals surface area (Å²) in [6.07, 6.45) is 12.7. The van der Waals surface area contributed by atoms with Crippen LogP contribution in [0.4, 0.5) is 8.78 Å². The smallest absolute Gasteiger partial charge is 0.279 e. The predicted molar refractivity (Wildman–Crippen MR) is 116 cm³/mol. The molecule has 4 N–H and O–H groups in total. The van der Waals surface area contributed by atoms with Crippen LogP contribution in [0.5, 0.6) is 0 Å². The quantitative estimate of drug-likeness (QED) is 0.191. The second-order valence-electron chi connectivity index (χ2n) is 8.06. The number of aliphatic hydroxyl groups is 2. The number of allylic oxidation sites excluding steroid dienone is 2. The fourth-order valence-corrected chi connectivity index (χ4v) is 3.20. The number of halogens is 2. The highest BCUT2D eigenvalue weighted by atomic mass is 19.1. The minimum Gasteiger partial charge on any atom is -0.396 e. The van der Waals surface area contributed by atoms with Gasteiger partial charge in [0.2, 0.25) is 0 Å². The van der Waals surface area contributed by atoms with Crippen LogP contribution < -0.4 is 10.6 Å². The summed E-state index contributed by atoms with van der Waals surface area (Å²) in [5.41, 5.74) is 0. The van der Waals surface area contributed by atoms with E-state index in [0.29, 0.717) is 19.3 Å². The third-order valence-corrected chi connectivity index (χ3v) is 5.23. The zero-order chi connectivity index (χ0) is 22.9. The number of carbonyl (C=O) groups is 2. The molecule has 1 saturated carbocycles. The summed E-state index contributed by atoms with van der Waals surface area (Å²) < 4.78 is 27.7. The Labute approximate surface area is 184 Å². The Morgan fingerprint density at radius 1 is 0.677 bits per heavy atom. The third kappa shape index (κ3) is 13.3. The first kappa shape index (κ1) is 27.2. The van der Waals surface area contributed by atoms with Crippen LogP contribution in [-0.4, -0.2) is 47.3 Å². The minimum absolute atomic E-state index is 0.187. The van der Waals surface area contributed by atoms with Gasteiger partial charge in [-0.1, -0.05) is 38.5 Å². The molecule has 1 aliphatic carbocycles. The van der Waals surface area contributed by atoms with Crippen molar-refractivity contribution in [3.05, 3.63) is 23.8 Å². The zero-order valence-corrected chi connectivity index (χ0v) is 18.4. The molecule has 31 heavy (non-hydrogen) atoms. The first-order valence-electron chi connectivity index (χ1n) is 11.5. The van der Waals surface area contributed by atoms with Gasteiger partial charge >= 0.3 is 0 Å². The largest absolute Gasteiger partial charge is 0.396 e. The third-order valence-electron chi connectivity index (χ3n) is 5.23. The van der Waals surface area contributed by atoms with Gasteiger partial charge in [0.1, 0.15) is 0 Å². The lowest BCUT2D eigenvalue weighted by atomic mass is 10.1. The van der Waals surface area contributed by atoms with E-state index in [2.05, 4.69) is 10.6 Å². The van der Waals surface area contributed by atoms with Crippen molar-refractivity contribution >= 4 is 11.8 Å². The number of hydrogen-bond donors (Lipinski definition) is 4. The Balaban J connectivity index is 2.16. The van der Waals surface area contributed by atoms with E-state index in [0.717, 1.165) is 64.2 Å². The number of nitrogens with one attached hydrogen (secondary N) is 2. The van der Waals surface area contributed by atoms with Crippen molar-refractivity contribution in [1.82, 2.24) is 10.6 Å². The molecule has 0 aromatic carbocycles. The maximum absolute atomic E-state index is 13.9. The van der Waals surface area contributed by atoms with Gasteiger partial charge in [-0.2, -0.15) is 0 Å². The second kappa shape index (κ2) is 16.8. The zero-order valence-electron chi connectivity index (χ0n) is 18.4. The minimum atomic E-state index is -0.836. The Kier molecular flexibility index (Phi) is 14.8. The summed E-state index contributed by atoms with van der Waals surface area (Å²) in [6.45, 7) is 0.375. The maximum Gasteiger partial charge on any atom is 0.279 e. The van der Waals surface area contributed by atoms with Crippen LogP contribution in [0.15, 0.2) is 23.8 Å². The van der Waals surface area contributed by atoms with Crippen LogP contribution in [0.25, 0.3) is 0 Å². The Hall–Kier alpha value is -1.80. The summed E-state index contributed by atoms with van der Waals surface area (Å²) in [6, 6.07) is -0.762. The van der Waals surface area contributed by atoms with E-state index in [1.165, 1.54) is 12.2 Å². The van der Waals surface area contributed by atoms with Crippen LogP contribution in [0.1, 0.15) is 83.5 Å². The van der Waals surface area contributed by atoms with Crippen molar-refractivity contribution in [2.24, 2.45) is 0 Å². The number of unbranched alkanes of at least 4 members (excludes halogenated alkanes) is 10. The van der Waals surface area contributed by atoms with Crippen molar-refractivity contribution in [1.29, 1.82) is 0 Å². The Morgan fingerprint density at radius 3 is 1.42 bits per heavy atom. The Morgan fingerprint density at radius 2 is 1.03 bits per heavy atom. The number of aliphatic hydroxyl groups excluding tert-OH is 2. The molecular formula is C23H38F2N2O4. The van der Waals surface area contributed by atoms with Gasteiger partial charge in [-0.05, 0) is 57.1 Å². The van der Waals surface area contributed by atoms with Crippen LogP contribution in [0.3, 0.4) is 0 Å². The first-order valence-corrected chi connectivity index (χ1v) is 11.5. The molecule has 0 bridgehead atoms. The normalized spacial score (nSPS) is 18.7. The maximum atomic E-state index is 13.9. The highest BCUT2D eigenvalue weighted by Gasteiger charge is 2.40. The molecule has 0 spiro atoms. The van der Waals surface area contributed by atoms with Crippen LogP contribution in [0, 0.1) is 0 Å². The van der Waals surface area contributed by atoms with Crippen molar-refractivity contribution in [3.63, 3.8) is 0 Å². The number of carbonyl (C=O) groups excluding carboxylic acids is 2. The van der Waals surface area contributed by atoms with Gasteiger partial charge in [-0.25, -0.2) is 8.78 Å². The average Bonchev–Trinajstić information content (AvgIpc) is 3.48. The topological polar surface area (TPSA) is 98.7 Å². The Bertz CT molecular complexity index is 546. The van der Waals surface area contributed by atoms with Gasteiger partial charge in [0.15, 0.2) is 11.7 Å². The molecule has 0 aromatic heterocycles. The molecule has 0 unspecified atom stereocenters. The van der Waals surface area contributed by atoms with E-state index in [4.69, 9.17) is 10.2 Å². The van der Waals surface area contributed by atoms with Crippen molar-refractivity contribution in [3.8, 4) is 0 Å². The lowest BCUT2D eigenvalue weighted by Gasteiger charge is -2.05. The van der Waals surface area contributed by atoms with E-state index in [1.54, 1.807) is 0 Å². The van der Waals surface area contributed by atoms with E-state index >= 15 is 0 Å². The molecule has 1 aliphatic rings. The van der Waals surface area contributed by atoms with E-state index in [9.17, 15) is 18.4 Å². The summed E-state index contributed by atoms with van der Waals surface area (Å²) in [4.78, 5) is 23.7. The van der Waals surface area contributed by atoms with Crippen LogP contribution in [0.2, 0.25) is 0 Å². The molecule has 0 aliphatic heterocycles. The van der Waals surface area contributed by atoms with Gasteiger partial charge in [0.05, 0.1) is 12.1 Å². The predicted octanol–water partition coefficient (Wildman–Crippen LogP) is 3.73. The van der Waals surface area contributed by atoms with Gasteiger partial charge in [-0.15, -0.1) is 0 Å². The molecule has 0 aromatic rings. The van der Waals surface area contributed by atoms with Crippen molar-refractivity contribution in [2.75, 3.05) is 13.2 Å². The van der Waals surface area contributed by atoms with Gasteiger partial charge in [-0.3, -0.25) is 9.59 Å². The highest BCUT2D eigenvalue weighted by Crippen LogP contribution is 2.22. The number of hydrogen-bond acceptors (Lipinski definition) is 4. The summed E-state index contributed by atoms with van der Waals surface area (Å²) >= 11 is 0. The lowest BCUT2D eigenvalue weighted by molar-refractivity contribution is -0.120. The SMILES string of the molecule is O=C(N[C@@H]1C[C@H]1NC(=O)/C(F)=C/CCCCCCCO)/C(F)=C/CCCCCCCO. The van der Waals surface area contributed by atoms with Crippen molar-refractivity contribution in [2.45, 2.75) is 95.6 Å². The van der Waals surface area contributed by atoms with E-state index in [-0.39, 0.29) is 25.3 Å². The van der Waals surface area contributed by atoms with Crippen LogP contribution in [-0.2, 0) is 9.59 Å². The molecule has 2 amide bonds. The second-order valence-corrected chi connectivity index (χ2v) is 8.06. The van der Waals surface area contributed by atoms with Gasteiger partial charge in [0.25, 0.3) is 11.8 Å². The fourth-order valence-electron chi connectivity index (χ4n) is 3.20. The molecule has 8 heteroatoms. The molecule has 178 valence electrons. The first-order chi connectivity index (χ1) is 15.0. The molecular weight excluding hydrogens is 406 g/mol. The molecule has 2 atom stereocenters. The monoisotopic (exact) mass is 444 g/mol. The van der Waals surface area contributed by atoms with E-state index in [1.807, 2.05) is 0 Å². The average molecular weight is 445 g/mol. The molecule has 0 heterocycles. The summed E-state index contributed by atoms with van der Waals surface area (Å²) in [7, 11) is 0. The van der Waals surface area contributed by atoms with Crippen molar-refractivity contribution < 1.29 is 28.6 Å². The number of amides is 2. The van der Waals surface area contributed by atoms with Gasteiger partial charge < -0.3 is 20.8 Å². The molecule has 6 nitrogen and oxygen atoms in total. The highest BCUT2D eigenvalue weighted by molar-refractivity contribution is 5.93. The fraction of sp³-hybridized carbons (Fsp3) is 0.739. The molecule has 1 rings (SSSR count). The van der Waals surface area contributed by atoms with Gasteiger partial charge in [0, 0.05) is 13.2 Å². The van der Waals surface area contributed by atoms with Crippen LogP contribution >= 0.6 is 0 Å². The molecule has 1 fully saturated rings. The summed E-state index contributed by atoms with van der Waals surface area (Å²) in [5, 5.41) is 22.4.